The Morgan fingerprint density at radius 1 is 1.31 bits per heavy atom. The minimum absolute atomic E-state index is 0.00461. The van der Waals surface area contributed by atoms with Crippen LogP contribution in [0.15, 0.2) is 36.5 Å². The number of rotatable bonds is 4. The van der Waals surface area contributed by atoms with E-state index in [0.717, 1.165) is 16.8 Å². The lowest BCUT2D eigenvalue weighted by atomic mass is 9.99. The largest absolute Gasteiger partial charge is 0.358 e. The van der Waals surface area contributed by atoms with Crippen LogP contribution in [0.3, 0.4) is 0 Å². The normalized spacial score (nSPS) is 20.2. The molecule has 8 heteroatoms. The first kappa shape index (κ1) is 16.5. The molecule has 1 amide bonds. The zero-order chi connectivity index (χ0) is 18.1. The number of H-pyrrole nitrogens is 1. The van der Waals surface area contributed by atoms with Gasteiger partial charge in [0.15, 0.2) is 11.6 Å². The van der Waals surface area contributed by atoms with Gasteiger partial charge in [-0.1, -0.05) is 30.3 Å². The number of nitrogens with zero attached hydrogens (tertiary/aromatic N) is 4. The molecule has 8 nitrogen and oxygen atoms in total. The Kier molecular flexibility index (Phi) is 4.26. The summed E-state index contributed by atoms with van der Waals surface area (Å²) < 4.78 is 7.71. The quantitative estimate of drug-likeness (QED) is 0.748. The third kappa shape index (κ3) is 2.88. The number of nitrogens with one attached hydrogen (secondary N) is 2. The van der Waals surface area contributed by atoms with Crippen molar-refractivity contribution in [3.63, 3.8) is 0 Å². The molecule has 134 valence electrons. The van der Waals surface area contributed by atoms with Crippen LogP contribution in [0.4, 0.5) is 0 Å². The first-order valence-corrected chi connectivity index (χ1v) is 8.58. The fourth-order valence-corrected chi connectivity index (χ4v) is 3.18. The van der Waals surface area contributed by atoms with E-state index in [9.17, 15) is 4.79 Å². The highest BCUT2D eigenvalue weighted by atomic mass is 16.5. The number of aromatic amines is 1. The predicted octanol–water partition coefficient (Wildman–Crippen LogP) is 1.93. The van der Waals surface area contributed by atoms with Gasteiger partial charge in [0.05, 0.1) is 17.8 Å². The molecule has 0 radical (unpaired) electrons. The average Bonchev–Trinajstić information content (AvgIpc) is 3.28. The molecule has 3 heterocycles. The van der Waals surface area contributed by atoms with Gasteiger partial charge in [0.25, 0.3) is 0 Å². The van der Waals surface area contributed by atoms with E-state index in [-0.39, 0.29) is 18.6 Å². The van der Waals surface area contributed by atoms with Gasteiger partial charge >= 0.3 is 0 Å². The molecule has 4 rings (SSSR count). The lowest BCUT2D eigenvalue weighted by Crippen LogP contribution is -2.42. The molecule has 3 aromatic rings. The molecule has 1 fully saturated rings. The second-order valence-electron chi connectivity index (χ2n) is 6.21. The van der Waals surface area contributed by atoms with E-state index in [1.165, 1.54) is 0 Å². The van der Waals surface area contributed by atoms with Crippen LogP contribution in [0.1, 0.15) is 36.2 Å². The molecule has 26 heavy (non-hydrogen) atoms. The summed E-state index contributed by atoms with van der Waals surface area (Å²) in [6.07, 6.45) is 1.30. The van der Waals surface area contributed by atoms with Gasteiger partial charge in [-0.15, -0.1) is 0 Å². The molecule has 1 aliphatic rings. The summed E-state index contributed by atoms with van der Waals surface area (Å²) in [7, 11) is 0. The number of morpholine rings is 1. The fraction of sp³-hybridized carbons (Fsp3) is 0.333. The van der Waals surface area contributed by atoms with Gasteiger partial charge in [-0.05, 0) is 19.4 Å². The number of ether oxygens (including phenoxy) is 1. The average molecular weight is 352 g/mol. The van der Waals surface area contributed by atoms with Crippen molar-refractivity contribution in [2.75, 3.05) is 6.61 Å². The Labute approximate surface area is 150 Å². The Bertz CT molecular complexity index is 917. The maximum Gasteiger partial charge on any atom is 0.246 e. The molecule has 1 aliphatic heterocycles. The van der Waals surface area contributed by atoms with Crippen LogP contribution >= 0.6 is 0 Å². The molecule has 1 saturated heterocycles. The number of aryl methyl sites for hydroxylation is 2. The van der Waals surface area contributed by atoms with Crippen LogP contribution in [0.25, 0.3) is 11.4 Å². The van der Waals surface area contributed by atoms with Crippen molar-refractivity contribution in [2.24, 2.45) is 0 Å². The Hall–Kier alpha value is -3.00. The highest BCUT2D eigenvalue weighted by Crippen LogP contribution is 2.34. The molecule has 0 aliphatic carbocycles. The van der Waals surface area contributed by atoms with Gasteiger partial charge in [-0.3, -0.25) is 9.89 Å². The molecule has 0 bridgehead atoms. The maximum atomic E-state index is 11.9. The number of hydrogen-bond acceptors (Lipinski definition) is 5. The Balaban J connectivity index is 1.76. The van der Waals surface area contributed by atoms with Gasteiger partial charge in [0, 0.05) is 12.2 Å². The number of amides is 1. The molecule has 2 atom stereocenters. The number of carbonyl (C=O) groups excluding carboxylic acids is 1. The third-order valence-corrected chi connectivity index (χ3v) is 4.50. The second-order valence-corrected chi connectivity index (χ2v) is 6.21. The Morgan fingerprint density at radius 2 is 2.12 bits per heavy atom. The van der Waals surface area contributed by atoms with Crippen LogP contribution in [-0.2, 0) is 16.1 Å². The topological polar surface area (TPSA) is 97.7 Å². The smallest absolute Gasteiger partial charge is 0.246 e. The van der Waals surface area contributed by atoms with Gasteiger partial charge < -0.3 is 10.1 Å². The van der Waals surface area contributed by atoms with E-state index in [1.807, 2.05) is 48.9 Å². The monoisotopic (exact) mass is 352 g/mol. The van der Waals surface area contributed by atoms with Crippen molar-refractivity contribution >= 4 is 5.91 Å². The Morgan fingerprint density at radius 3 is 2.81 bits per heavy atom. The van der Waals surface area contributed by atoms with Crippen molar-refractivity contribution in [1.82, 2.24) is 30.3 Å². The zero-order valence-corrected chi connectivity index (χ0v) is 14.6. The molecule has 0 unspecified atom stereocenters. The van der Waals surface area contributed by atoms with Crippen molar-refractivity contribution < 1.29 is 9.53 Å². The van der Waals surface area contributed by atoms with Crippen LogP contribution in [0.5, 0.6) is 0 Å². The number of hydrogen-bond donors (Lipinski definition) is 2. The van der Waals surface area contributed by atoms with Crippen LogP contribution in [-0.4, -0.2) is 37.5 Å². The fourth-order valence-electron chi connectivity index (χ4n) is 3.18. The first-order valence-electron chi connectivity index (χ1n) is 8.58. The first-order chi connectivity index (χ1) is 12.7. The van der Waals surface area contributed by atoms with Crippen molar-refractivity contribution in [1.29, 1.82) is 0 Å². The summed E-state index contributed by atoms with van der Waals surface area (Å²) >= 11 is 0. The van der Waals surface area contributed by atoms with Crippen molar-refractivity contribution in [2.45, 2.75) is 32.5 Å². The van der Waals surface area contributed by atoms with E-state index in [1.54, 1.807) is 6.20 Å². The van der Waals surface area contributed by atoms with Gasteiger partial charge in [0.1, 0.15) is 12.7 Å². The van der Waals surface area contributed by atoms with Crippen LogP contribution < -0.4 is 5.32 Å². The van der Waals surface area contributed by atoms with Crippen molar-refractivity contribution in [3.05, 3.63) is 53.6 Å². The summed E-state index contributed by atoms with van der Waals surface area (Å²) in [6, 6.07) is 9.46. The predicted molar refractivity (Wildman–Crippen MR) is 94.0 cm³/mol. The molecular formula is C18H20N6O2. The lowest BCUT2D eigenvalue weighted by Gasteiger charge is -2.32. The maximum absolute atomic E-state index is 11.9. The molecule has 2 N–H and O–H groups in total. The minimum Gasteiger partial charge on any atom is -0.358 e. The van der Waals surface area contributed by atoms with E-state index >= 15 is 0 Å². The molecule has 1 aromatic carbocycles. The molecule has 2 aromatic heterocycles. The van der Waals surface area contributed by atoms with Crippen LogP contribution in [0.2, 0.25) is 0 Å². The zero-order valence-electron chi connectivity index (χ0n) is 14.6. The summed E-state index contributed by atoms with van der Waals surface area (Å²) in [5.41, 5.74) is 2.73. The van der Waals surface area contributed by atoms with Crippen LogP contribution in [0, 0.1) is 6.92 Å². The van der Waals surface area contributed by atoms with E-state index < -0.39 is 6.10 Å². The standard InChI is InChI=1S/C18H20N6O2/c1-3-24-18(21-17(23-24)13-9-19-22-11(13)2)16-15(20-14(25)10-26-16)12-7-5-4-6-8-12/h4-9,15-16H,3,10H2,1-2H3,(H,19,22)(H,20,25)/t15-,16+/m1/s1. The third-order valence-electron chi connectivity index (χ3n) is 4.50. The van der Waals surface area contributed by atoms with E-state index in [0.29, 0.717) is 18.2 Å². The highest BCUT2D eigenvalue weighted by molar-refractivity contribution is 5.78. The van der Waals surface area contributed by atoms with Gasteiger partial charge in [-0.2, -0.15) is 10.2 Å². The lowest BCUT2D eigenvalue weighted by molar-refractivity contribution is -0.138. The number of aromatic nitrogens is 5. The summed E-state index contributed by atoms with van der Waals surface area (Å²) in [5, 5.41) is 14.6. The molecule has 0 saturated carbocycles. The van der Waals surface area contributed by atoms with E-state index in [2.05, 4.69) is 20.6 Å². The molecule has 0 spiro atoms. The number of carbonyl (C=O) groups is 1. The number of benzene rings is 1. The summed E-state index contributed by atoms with van der Waals surface area (Å²) in [4.78, 5) is 16.6. The van der Waals surface area contributed by atoms with Crippen molar-refractivity contribution in [3.8, 4) is 11.4 Å². The summed E-state index contributed by atoms with van der Waals surface area (Å²) in [5.74, 6) is 1.15. The second kappa shape index (κ2) is 6.72. The van der Waals surface area contributed by atoms with Gasteiger partial charge in [-0.25, -0.2) is 9.67 Å². The summed E-state index contributed by atoms with van der Waals surface area (Å²) in [6.45, 7) is 4.58. The van der Waals surface area contributed by atoms with Gasteiger partial charge in [0.2, 0.25) is 5.91 Å². The highest BCUT2D eigenvalue weighted by Gasteiger charge is 2.35. The SMILES string of the molecule is CCn1nc(-c2cn[nH]c2C)nc1[C@H]1OCC(=O)N[C@@H]1c1ccccc1. The molecular weight excluding hydrogens is 332 g/mol. The van der Waals surface area contributed by atoms with E-state index in [4.69, 9.17) is 9.72 Å². The minimum atomic E-state index is -0.413.